The number of fused-ring (bicyclic) bond motifs is 1. The van der Waals surface area contributed by atoms with Gasteiger partial charge in [0.25, 0.3) is 5.91 Å². The van der Waals surface area contributed by atoms with Gasteiger partial charge in [0.05, 0.1) is 10.6 Å². The quantitative estimate of drug-likeness (QED) is 0.704. The van der Waals surface area contributed by atoms with Crippen molar-refractivity contribution in [1.82, 2.24) is 4.98 Å². The number of carbonyl (C=O) groups excluding carboxylic acids is 1. The first kappa shape index (κ1) is 12.6. The van der Waals surface area contributed by atoms with Gasteiger partial charge in [0.15, 0.2) is 5.15 Å². The van der Waals surface area contributed by atoms with Crippen molar-refractivity contribution in [3.63, 3.8) is 0 Å². The average molecular weight is 309 g/mol. The highest BCUT2D eigenvalue weighted by atomic mass is 35.5. The summed E-state index contributed by atoms with van der Waals surface area (Å²) >= 11 is 9.07. The zero-order valence-electron chi connectivity index (χ0n) is 9.94. The minimum atomic E-state index is -0.150. The Morgan fingerprint density at radius 1 is 1.37 bits per heavy atom. The molecule has 1 N–H and O–H groups in total. The zero-order chi connectivity index (χ0) is 13.4. The van der Waals surface area contributed by atoms with Crippen LogP contribution >= 0.6 is 34.3 Å². The molecule has 0 fully saturated rings. The molecule has 0 atom stereocenters. The van der Waals surface area contributed by atoms with Crippen LogP contribution in [0.4, 0.5) is 5.69 Å². The summed E-state index contributed by atoms with van der Waals surface area (Å²) in [7, 11) is 0. The number of carbonyl (C=O) groups is 1. The number of hydrogen-bond donors (Lipinski definition) is 1. The van der Waals surface area contributed by atoms with Gasteiger partial charge in [-0.2, -0.15) is 0 Å². The van der Waals surface area contributed by atoms with E-state index in [4.69, 9.17) is 11.6 Å². The number of pyridine rings is 1. The number of rotatable bonds is 2. The molecule has 96 valence electrons. The van der Waals surface area contributed by atoms with E-state index in [9.17, 15) is 4.79 Å². The Morgan fingerprint density at radius 3 is 3.00 bits per heavy atom. The molecule has 0 bridgehead atoms. The molecule has 0 aliphatic rings. The van der Waals surface area contributed by atoms with Crippen LogP contribution in [0.5, 0.6) is 0 Å². The number of amides is 1. The third kappa shape index (κ3) is 2.49. The van der Waals surface area contributed by atoms with Crippen LogP contribution in [0.25, 0.3) is 9.40 Å². The van der Waals surface area contributed by atoms with Crippen LogP contribution in [0, 0.1) is 6.92 Å². The molecular weight excluding hydrogens is 300 g/mol. The number of halogens is 1. The monoisotopic (exact) mass is 308 g/mol. The fourth-order valence-corrected chi connectivity index (χ4v) is 3.86. The third-order valence-electron chi connectivity index (χ3n) is 2.59. The smallest absolute Gasteiger partial charge is 0.265 e. The molecule has 0 saturated heterocycles. The van der Waals surface area contributed by atoms with E-state index in [2.05, 4.69) is 10.3 Å². The number of aromatic nitrogens is 1. The van der Waals surface area contributed by atoms with Gasteiger partial charge in [-0.05, 0) is 36.1 Å². The van der Waals surface area contributed by atoms with Gasteiger partial charge in [-0.3, -0.25) is 4.79 Å². The molecule has 0 unspecified atom stereocenters. The first-order valence-corrected chi connectivity index (χ1v) is 7.61. The van der Waals surface area contributed by atoms with Crippen molar-refractivity contribution in [2.45, 2.75) is 6.92 Å². The zero-order valence-corrected chi connectivity index (χ0v) is 12.3. The number of nitrogens with one attached hydrogen (secondary N) is 1. The Morgan fingerprint density at radius 2 is 2.21 bits per heavy atom. The van der Waals surface area contributed by atoms with E-state index in [1.165, 1.54) is 11.3 Å². The van der Waals surface area contributed by atoms with Crippen LogP contribution in [0.3, 0.4) is 0 Å². The van der Waals surface area contributed by atoms with Crippen molar-refractivity contribution in [3.8, 4) is 0 Å². The third-order valence-corrected chi connectivity index (χ3v) is 4.98. The lowest BCUT2D eigenvalue weighted by Gasteiger charge is -2.05. The molecule has 0 spiro atoms. The van der Waals surface area contributed by atoms with Crippen LogP contribution in [0.1, 0.15) is 15.2 Å². The van der Waals surface area contributed by atoms with Gasteiger partial charge >= 0.3 is 0 Å². The minimum absolute atomic E-state index is 0.150. The second kappa shape index (κ2) is 4.92. The van der Waals surface area contributed by atoms with Crippen LogP contribution < -0.4 is 5.32 Å². The standard InChI is InChI=1S/C13H9ClN2OS2/c1-7-4-8(12(14)15-6-7)16-13(17)11-5-10-9(19-11)2-3-18-10/h2-6H,1H3,(H,16,17). The Bertz CT molecular complexity index is 734. The van der Waals surface area contributed by atoms with Crippen molar-refractivity contribution in [3.05, 3.63) is 45.4 Å². The lowest BCUT2D eigenvalue weighted by atomic mass is 10.3. The Kier molecular flexibility index (Phi) is 3.26. The topological polar surface area (TPSA) is 42.0 Å². The lowest BCUT2D eigenvalue weighted by molar-refractivity contribution is 0.103. The molecular formula is C13H9ClN2OS2. The van der Waals surface area contributed by atoms with E-state index in [-0.39, 0.29) is 5.91 Å². The molecule has 19 heavy (non-hydrogen) atoms. The molecule has 0 aliphatic heterocycles. The molecule has 6 heteroatoms. The number of thiophene rings is 2. The maximum atomic E-state index is 12.2. The van der Waals surface area contributed by atoms with Crippen LogP contribution in [0.2, 0.25) is 5.15 Å². The molecule has 3 nitrogen and oxygen atoms in total. The Labute approximate surface area is 122 Å². The molecule has 1 amide bonds. The van der Waals surface area contributed by atoms with Crippen LogP contribution in [0.15, 0.2) is 29.8 Å². The van der Waals surface area contributed by atoms with E-state index < -0.39 is 0 Å². The summed E-state index contributed by atoms with van der Waals surface area (Å²) in [5.41, 5.74) is 1.50. The number of aryl methyl sites for hydroxylation is 1. The molecule has 3 rings (SSSR count). The molecule has 0 aliphatic carbocycles. The number of nitrogens with zero attached hydrogens (tertiary/aromatic N) is 1. The second-order valence-corrected chi connectivity index (χ2v) is 6.45. The summed E-state index contributed by atoms with van der Waals surface area (Å²) in [6.45, 7) is 1.90. The first-order chi connectivity index (χ1) is 9.13. The molecule has 3 aromatic rings. The number of anilines is 1. The number of hydrogen-bond acceptors (Lipinski definition) is 4. The fraction of sp³-hybridized carbons (Fsp3) is 0.0769. The van der Waals surface area contributed by atoms with E-state index >= 15 is 0 Å². The highest BCUT2D eigenvalue weighted by Crippen LogP contribution is 2.30. The minimum Gasteiger partial charge on any atom is -0.319 e. The summed E-state index contributed by atoms with van der Waals surface area (Å²) in [6, 6.07) is 5.73. The summed E-state index contributed by atoms with van der Waals surface area (Å²) in [5, 5.41) is 5.12. The maximum Gasteiger partial charge on any atom is 0.265 e. The van der Waals surface area contributed by atoms with Gasteiger partial charge in [0, 0.05) is 15.6 Å². The van der Waals surface area contributed by atoms with Crippen molar-refractivity contribution in [2.75, 3.05) is 5.32 Å². The SMILES string of the molecule is Cc1cnc(Cl)c(NC(=O)c2cc3sccc3s2)c1. The average Bonchev–Trinajstić information content (AvgIpc) is 2.94. The van der Waals surface area contributed by atoms with E-state index in [1.54, 1.807) is 17.5 Å². The van der Waals surface area contributed by atoms with Gasteiger partial charge < -0.3 is 5.32 Å². The van der Waals surface area contributed by atoms with Gasteiger partial charge in [-0.15, -0.1) is 22.7 Å². The predicted molar refractivity (Wildman–Crippen MR) is 81.6 cm³/mol. The molecule has 3 heterocycles. The molecule has 0 radical (unpaired) electrons. The van der Waals surface area contributed by atoms with Gasteiger partial charge in [0.2, 0.25) is 0 Å². The highest BCUT2D eigenvalue weighted by molar-refractivity contribution is 7.27. The van der Waals surface area contributed by atoms with Crippen molar-refractivity contribution >= 4 is 55.3 Å². The predicted octanol–water partition coefficient (Wildman–Crippen LogP) is 4.57. The largest absolute Gasteiger partial charge is 0.319 e. The van der Waals surface area contributed by atoms with Gasteiger partial charge in [-0.1, -0.05) is 11.6 Å². The molecule has 0 saturated carbocycles. The van der Waals surface area contributed by atoms with Crippen LogP contribution in [-0.2, 0) is 0 Å². The normalized spacial score (nSPS) is 10.8. The summed E-state index contributed by atoms with van der Waals surface area (Å²) in [4.78, 5) is 16.9. The van der Waals surface area contributed by atoms with Gasteiger partial charge in [-0.25, -0.2) is 4.98 Å². The van der Waals surface area contributed by atoms with Crippen molar-refractivity contribution in [1.29, 1.82) is 0 Å². The summed E-state index contributed by atoms with van der Waals surface area (Å²) in [5.74, 6) is -0.150. The van der Waals surface area contributed by atoms with Crippen molar-refractivity contribution in [2.24, 2.45) is 0 Å². The maximum absolute atomic E-state index is 12.2. The molecule has 0 aromatic carbocycles. The van der Waals surface area contributed by atoms with Crippen LogP contribution in [-0.4, -0.2) is 10.9 Å². The van der Waals surface area contributed by atoms with E-state index in [0.717, 1.165) is 15.0 Å². The fourth-order valence-electron chi connectivity index (χ4n) is 1.70. The van der Waals surface area contributed by atoms with E-state index in [1.807, 2.05) is 30.5 Å². The summed E-state index contributed by atoms with van der Waals surface area (Å²) in [6.07, 6.45) is 1.67. The first-order valence-electron chi connectivity index (χ1n) is 5.54. The van der Waals surface area contributed by atoms with E-state index in [0.29, 0.717) is 15.7 Å². The Balaban J connectivity index is 1.88. The highest BCUT2D eigenvalue weighted by Gasteiger charge is 2.13. The molecule has 3 aromatic heterocycles. The lowest BCUT2D eigenvalue weighted by Crippen LogP contribution is -2.11. The second-order valence-electron chi connectivity index (χ2n) is 4.06. The van der Waals surface area contributed by atoms with Gasteiger partial charge in [0.1, 0.15) is 0 Å². The summed E-state index contributed by atoms with van der Waals surface area (Å²) < 4.78 is 2.26. The Hall–Kier alpha value is -1.43. The van der Waals surface area contributed by atoms with Crippen molar-refractivity contribution < 1.29 is 4.79 Å².